The Labute approximate surface area is 118 Å². The summed E-state index contributed by atoms with van der Waals surface area (Å²) in [6.45, 7) is 5.52. The van der Waals surface area contributed by atoms with E-state index in [1.165, 1.54) is 11.1 Å². The van der Waals surface area contributed by atoms with Gasteiger partial charge in [-0.15, -0.1) is 0 Å². The largest absolute Gasteiger partial charge is 0.349 e. The third kappa shape index (κ3) is 3.68. The number of aromatic nitrogens is 2. The molecule has 106 valence electrons. The summed E-state index contributed by atoms with van der Waals surface area (Å²) in [4.78, 5) is 11.7. The highest BCUT2D eigenvalue weighted by molar-refractivity contribution is 5.92. The van der Waals surface area contributed by atoms with E-state index in [0.717, 1.165) is 6.54 Å². The molecule has 0 saturated heterocycles. The van der Waals surface area contributed by atoms with E-state index in [-0.39, 0.29) is 11.9 Å². The first kappa shape index (κ1) is 14.3. The number of H-pyrrole nitrogens is 1. The summed E-state index contributed by atoms with van der Waals surface area (Å²) in [7, 11) is 0. The maximum absolute atomic E-state index is 11.7. The molecule has 1 aromatic carbocycles. The Morgan fingerprint density at radius 1 is 1.30 bits per heavy atom. The number of amides is 1. The number of aryl methyl sites for hydroxylation is 1. The molecule has 0 spiro atoms. The van der Waals surface area contributed by atoms with Gasteiger partial charge in [0.15, 0.2) is 0 Å². The molecule has 0 unspecified atom stereocenters. The van der Waals surface area contributed by atoms with Crippen LogP contribution in [0.3, 0.4) is 0 Å². The molecule has 0 saturated carbocycles. The number of carbonyl (C=O) groups is 1. The third-order valence-corrected chi connectivity index (χ3v) is 3.26. The molecule has 2 aromatic rings. The van der Waals surface area contributed by atoms with Crippen molar-refractivity contribution in [2.45, 2.75) is 19.9 Å². The minimum atomic E-state index is -0.132. The fourth-order valence-electron chi connectivity index (χ4n) is 2.12. The molecule has 5 heteroatoms. The first-order valence-electron chi connectivity index (χ1n) is 6.75. The topological polar surface area (TPSA) is 69.8 Å². The van der Waals surface area contributed by atoms with Crippen molar-refractivity contribution in [3.05, 3.63) is 53.3 Å². The van der Waals surface area contributed by atoms with Crippen LogP contribution in [0.4, 0.5) is 0 Å². The van der Waals surface area contributed by atoms with Crippen molar-refractivity contribution in [1.29, 1.82) is 0 Å². The lowest BCUT2D eigenvalue weighted by Crippen LogP contribution is -2.33. The smallest absolute Gasteiger partial charge is 0.269 e. The van der Waals surface area contributed by atoms with E-state index in [9.17, 15) is 4.79 Å². The van der Waals surface area contributed by atoms with Crippen molar-refractivity contribution < 1.29 is 4.79 Å². The molecular formula is C15H20N4O. The fourth-order valence-corrected chi connectivity index (χ4v) is 2.12. The van der Waals surface area contributed by atoms with Gasteiger partial charge >= 0.3 is 0 Å². The van der Waals surface area contributed by atoms with Gasteiger partial charge in [0.05, 0.1) is 0 Å². The van der Waals surface area contributed by atoms with Crippen LogP contribution in [0.15, 0.2) is 36.5 Å². The second-order valence-corrected chi connectivity index (χ2v) is 4.76. The van der Waals surface area contributed by atoms with Crippen molar-refractivity contribution in [3.8, 4) is 0 Å². The average molecular weight is 272 g/mol. The van der Waals surface area contributed by atoms with E-state index < -0.39 is 0 Å². The zero-order valence-corrected chi connectivity index (χ0v) is 11.8. The first-order valence-corrected chi connectivity index (χ1v) is 6.75. The number of nitrogens with one attached hydrogen (secondary N) is 3. The van der Waals surface area contributed by atoms with Gasteiger partial charge in [0.25, 0.3) is 5.91 Å². The Bertz CT molecular complexity index is 551. The van der Waals surface area contributed by atoms with Gasteiger partial charge in [-0.25, -0.2) is 0 Å². The average Bonchev–Trinajstić information content (AvgIpc) is 2.98. The number of carbonyl (C=O) groups excluding carboxylic acids is 1. The second-order valence-electron chi connectivity index (χ2n) is 4.76. The number of benzene rings is 1. The maximum Gasteiger partial charge on any atom is 0.269 e. The van der Waals surface area contributed by atoms with Gasteiger partial charge in [0, 0.05) is 25.3 Å². The maximum atomic E-state index is 11.7. The minimum Gasteiger partial charge on any atom is -0.349 e. The molecule has 2 rings (SSSR count). The molecular weight excluding hydrogens is 252 g/mol. The normalized spacial score (nSPS) is 12.1. The van der Waals surface area contributed by atoms with Crippen LogP contribution in [0, 0.1) is 6.92 Å². The highest BCUT2D eigenvalue weighted by atomic mass is 16.1. The van der Waals surface area contributed by atoms with Crippen LogP contribution in [0.2, 0.25) is 0 Å². The van der Waals surface area contributed by atoms with Crippen LogP contribution in [0.5, 0.6) is 0 Å². The van der Waals surface area contributed by atoms with Crippen molar-refractivity contribution in [2.24, 2.45) is 0 Å². The third-order valence-electron chi connectivity index (χ3n) is 3.26. The van der Waals surface area contributed by atoms with Gasteiger partial charge < -0.3 is 10.6 Å². The molecule has 1 amide bonds. The molecule has 1 heterocycles. The van der Waals surface area contributed by atoms with Gasteiger partial charge in [-0.05, 0) is 31.0 Å². The minimum absolute atomic E-state index is 0.132. The van der Waals surface area contributed by atoms with Crippen LogP contribution in [0.1, 0.15) is 34.6 Å². The van der Waals surface area contributed by atoms with E-state index in [0.29, 0.717) is 12.2 Å². The summed E-state index contributed by atoms with van der Waals surface area (Å²) in [5.41, 5.74) is 3.04. The van der Waals surface area contributed by atoms with Crippen LogP contribution < -0.4 is 10.6 Å². The van der Waals surface area contributed by atoms with E-state index >= 15 is 0 Å². The summed E-state index contributed by atoms with van der Waals surface area (Å²) < 4.78 is 0. The summed E-state index contributed by atoms with van der Waals surface area (Å²) in [6.07, 6.45) is 1.56. The van der Waals surface area contributed by atoms with E-state index in [2.05, 4.69) is 46.8 Å². The molecule has 5 nitrogen and oxygen atoms in total. The SMILES string of the molecule is Cc1ccccc1[C@@H](C)NCCNC(=O)c1ccn[nH]1. The predicted octanol–water partition coefficient (Wildman–Crippen LogP) is 1.80. The number of aromatic amines is 1. The van der Waals surface area contributed by atoms with E-state index in [1.54, 1.807) is 12.3 Å². The quantitative estimate of drug-likeness (QED) is 0.702. The van der Waals surface area contributed by atoms with E-state index in [1.807, 2.05) is 12.1 Å². The van der Waals surface area contributed by atoms with Gasteiger partial charge in [-0.2, -0.15) is 5.10 Å². The Balaban J connectivity index is 1.74. The van der Waals surface area contributed by atoms with Gasteiger partial charge in [0.1, 0.15) is 5.69 Å². The Morgan fingerprint density at radius 2 is 2.10 bits per heavy atom. The Kier molecular flexibility index (Phi) is 4.90. The molecule has 0 aliphatic heterocycles. The molecule has 0 fully saturated rings. The summed E-state index contributed by atoms with van der Waals surface area (Å²) in [5.74, 6) is -0.132. The molecule has 20 heavy (non-hydrogen) atoms. The molecule has 0 radical (unpaired) electrons. The number of nitrogens with zero attached hydrogens (tertiary/aromatic N) is 1. The number of hydrogen-bond acceptors (Lipinski definition) is 3. The molecule has 0 aliphatic rings. The van der Waals surface area contributed by atoms with E-state index in [4.69, 9.17) is 0 Å². The number of rotatable bonds is 6. The first-order chi connectivity index (χ1) is 9.68. The van der Waals surface area contributed by atoms with Crippen LogP contribution in [-0.4, -0.2) is 29.2 Å². The zero-order valence-electron chi connectivity index (χ0n) is 11.8. The lowest BCUT2D eigenvalue weighted by Gasteiger charge is -2.16. The van der Waals surface area contributed by atoms with Crippen LogP contribution in [-0.2, 0) is 0 Å². The summed E-state index contributed by atoms with van der Waals surface area (Å²) in [6, 6.07) is 10.2. The second kappa shape index (κ2) is 6.86. The predicted molar refractivity (Wildman–Crippen MR) is 78.5 cm³/mol. The van der Waals surface area contributed by atoms with Crippen molar-refractivity contribution in [3.63, 3.8) is 0 Å². The molecule has 0 aliphatic carbocycles. The lowest BCUT2D eigenvalue weighted by molar-refractivity contribution is 0.0948. The van der Waals surface area contributed by atoms with Crippen molar-refractivity contribution in [1.82, 2.24) is 20.8 Å². The summed E-state index contributed by atoms with van der Waals surface area (Å²) in [5, 5.41) is 12.6. The van der Waals surface area contributed by atoms with Crippen molar-refractivity contribution in [2.75, 3.05) is 13.1 Å². The highest BCUT2D eigenvalue weighted by Crippen LogP contribution is 2.15. The highest BCUT2D eigenvalue weighted by Gasteiger charge is 2.08. The monoisotopic (exact) mass is 272 g/mol. The van der Waals surface area contributed by atoms with Crippen LogP contribution >= 0.6 is 0 Å². The molecule has 0 bridgehead atoms. The molecule has 3 N–H and O–H groups in total. The summed E-state index contributed by atoms with van der Waals surface area (Å²) >= 11 is 0. The Morgan fingerprint density at radius 3 is 2.80 bits per heavy atom. The van der Waals surface area contributed by atoms with Gasteiger partial charge in [-0.3, -0.25) is 9.89 Å². The Hall–Kier alpha value is -2.14. The fraction of sp³-hybridized carbons (Fsp3) is 0.333. The molecule has 1 aromatic heterocycles. The van der Waals surface area contributed by atoms with Crippen LogP contribution in [0.25, 0.3) is 0 Å². The molecule has 1 atom stereocenters. The standard InChI is InChI=1S/C15H20N4O/c1-11-5-3-4-6-13(11)12(2)16-9-10-17-15(20)14-7-8-18-19-14/h3-8,12,16H,9-10H2,1-2H3,(H,17,20)(H,18,19)/t12-/m1/s1. The zero-order chi connectivity index (χ0) is 14.4. The lowest BCUT2D eigenvalue weighted by atomic mass is 10.0. The van der Waals surface area contributed by atoms with Crippen molar-refractivity contribution >= 4 is 5.91 Å². The van der Waals surface area contributed by atoms with Gasteiger partial charge in [0.2, 0.25) is 0 Å². The van der Waals surface area contributed by atoms with Gasteiger partial charge in [-0.1, -0.05) is 24.3 Å². The number of hydrogen-bond donors (Lipinski definition) is 3.